The molecule has 3 nitrogen and oxygen atoms in total. The molecule has 3 rings (SSSR count). The topological polar surface area (TPSA) is 56.0 Å². The molecule has 0 fully saturated rings. The molecule has 0 saturated carbocycles. The van der Waals surface area contributed by atoms with Crippen LogP contribution in [0.1, 0.15) is 17.2 Å². The molecule has 1 aromatic carbocycles. The Morgan fingerprint density at radius 3 is 2.35 bits per heavy atom. The van der Waals surface area contributed by atoms with Crippen LogP contribution in [0.2, 0.25) is 10.0 Å². The number of carbonyl (C=O) groups is 1. The van der Waals surface area contributed by atoms with Gasteiger partial charge < -0.3 is 5.73 Å². The lowest BCUT2D eigenvalue weighted by atomic mass is 9.94. The van der Waals surface area contributed by atoms with Gasteiger partial charge in [-0.3, -0.25) is 9.78 Å². The number of hydrogen-bond acceptors (Lipinski definition) is 3. The molecular weight excluding hydrogens is 351 g/mol. The van der Waals surface area contributed by atoms with Crippen molar-refractivity contribution >= 4 is 40.4 Å². The fourth-order valence-corrected chi connectivity index (χ4v) is 3.71. The van der Waals surface area contributed by atoms with Gasteiger partial charge in [0.05, 0.1) is 16.3 Å². The number of pyridine rings is 1. The molecule has 1 amide bonds. The molecule has 3 aromatic rings. The lowest BCUT2D eigenvalue weighted by molar-refractivity contribution is -0.118. The van der Waals surface area contributed by atoms with Gasteiger partial charge in [-0.15, -0.1) is 11.3 Å². The summed E-state index contributed by atoms with van der Waals surface area (Å²) in [6.45, 7) is 0. The van der Waals surface area contributed by atoms with Gasteiger partial charge in [-0.1, -0.05) is 41.4 Å². The minimum atomic E-state index is -0.795. The van der Waals surface area contributed by atoms with E-state index < -0.39 is 11.8 Å². The van der Waals surface area contributed by atoms with Crippen molar-refractivity contribution in [1.29, 1.82) is 0 Å². The largest absolute Gasteiger partial charge is 0.369 e. The summed E-state index contributed by atoms with van der Waals surface area (Å²) >= 11 is 14.1. The van der Waals surface area contributed by atoms with Crippen molar-refractivity contribution < 1.29 is 4.79 Å². The zero-order valence-electron chi connectivity index (χ0n) is 11.9. The Morgan fingerprint density at radius 1 is 1.04 bits per heavy atom. The van der Waals surface area contributed by atoms with Crippen LogP contribution in [0.4, 0.5) is 0 Å². The Bertz CT molecular complexity index is 829. The molecule has 0 aliphatic heterocycles. The highest BCUT2D eigenvalue weighted by Gasteiger charge is 2.26. The first kappa shape index (κ1) is 16.0. The van der Waals surface area contributed by atoms with Crippen LogP contribution in [0.3, 0.4) is 0 Å². The van der Waals surface area contributed by atoms with Crippen molar-refractivity contribution in [2.45, 2.75) is 5.92 Å². The minimum Gasteiger partial charge on any atom is -0.369 e. The number of nitrogens with two attached hydrogens (primary N) is 1. The van der Waals surface area contributed by atoms with E-state index in [-0.39, 0.29) is 0 Å². The molecule has 6 heteroatoms. The first-order chi connectivity index (χ1) is 11.1. The number of benzene rings is 1. The number of aromatic nitrogens is 1. The van der Waals surface area contributed by atoms with E-state index in [1.165, 1.54) is 0 Å². The van der Waals surface area contributed by atoms with Crippen LogP contribution in [0.5, 0.6) is 0 Å². The Balaban J connectivity index is 2.13. The fourth-order valence-electron chi connectivity index (χ4n) is 2.40. The van der Waals surface area contributed by atoms with E-state index in [4.69, 9.17) is 28.9 Å². The quantitative estimate of drug-likeness (QED) is 0.728. The van der Waals surface area contributed by atoms with Crippen LogP contribution in [-0.2, 0) is 4.79 Å². The van der Waals surface area contributed by atoms with Crippen LogP contribution in [-0.4, -0.2) is 10.9 Å². The second kappa shape index (κ2) is 6.71. The average molecular weight is 363 g/mol. The molecule has 0 aliphatic rings. The van der Waals surface area contributed by atoms with Crippen LogP contribution in [0.15, 0.2) is 53.9 Å². The molecule has 0 radical (unpaired) electrons. The molecule has 2 aromatic heterocycles. The van der Waals surface area contributed by atoms with E-state index in [0.29, 0.717) is 21.3 Å². The number of nitrogens with zero attached hydrogens (tertiary/aromatic N) is 1. The van der Waals surface area contributed by atoms with E-state index in [1.54, 1.807) is 35.6 Å². The lowest BCUT2D eigenvalue weighted by Crippen LogP contribution is -2.24. The number of hydrogen-bond donors (Lipinski definition) is 1. The summed E-state index contributed by atoms with van der Waals surface area (Å²) in [6.07, 6.45) is 0. The van der Waals surface area contributed by atoms with Crippen molar-refractivity contribution in [3.05, 3.63) is 75.2 Å². The monoisotopic (exact) mass is 362 g/mol. The van der Waals surface area contributed by atoms with Crippen LogP contribution in [0.25, 0.3) is 10.6 Å². The average Bonchev–Trinajstić information content (AvgIpc) is 3.05. The summed E-state index contributed by atoms with van der Waals surface area (Å²) in [7, 11) is 0. The second-order valence-electron chi connectivity index (χ2n) is 4.90. The molecule has 0 saturated heterocycles. The van der Waals surface area contributed by atoms with Gasteiger partial charge in [0.2, 0.25) is 5.91 Å². The summed E-state index contributed by atoms with van der Waals surface area (Å²) < 4.78 is 0. The number of thiophene rings is 1. The first-order valence-electron chi connectivity index (χ1n) is 6.82. The summed E-state index contributed by atoms with van der Waals surface area (Å²) in [5, 5.41) is 2.76. The standard InChI is InChI=1S/C17H12Cl2N2OS/c18-10-4-1-5-11(19)15(10)16(17(20)22)13-7-2-6-12(21-13)14-8-3-9-23-14/h1-9,16H,(H2,20,22). The third-order valence-electron chi connectivity index (χ3n) is 3.41. The SMILES string of the molecule is NC(=O)C(c1cccc(-c2cccs2)n1)c1c(Cl)cccc1Cl. The normalized spacial score (nSPS) is 12.1. The predicted molar refractivity (Wildman–Crippen MR) is 95.0 cm³/mol. The lowest BCUT2D eigenvalue weighted by Gasteiger charge is -2.17. The third-order valence-corrected chi connectivity index (χ3v) is 4.96. The van der Waals surface area contributed by atoms with Gasteiger partial charge in [0.1, 0.15) is 5.92 Å². The van der Waals surface area contributed by atoms with E-state index in [2.05, 4.69) is 4.98 Å². The van der Waals surface area contributed by atoms with Gasteiger partial charge in [-0.2, -0.15) is 0 Å². The van der Waals surface area contributed by atoms with Gasteiger partial charge in [-0.05, 0) is 35.7 Å². The summed E-state index contributed by atoms with van der Waals surface area (Å²) in [6, 6.07) is 14.5. The highest BCUT2D eigenvalue weighted by Crippen LogP contribution is 2.35. The van der Waals surface area contributed by atoms with Gasteiger partial charge in [-0.25, -0.2) is 0 Å². The van der Waals surface area contributed by atoms with Crippen molar-refractivity contribution in [2.75, 3.05) is 0 Å². The molecule has 0 aliphatic carbocycles. The van der Waals surface area contributed by atoms with Gasteiger partial charge in [0, 0.05) is 15.6 Å². The second-order valence-corrected chi connectivity index (χ2v) is 6.66. The summed E-state index contributed by atoms with van der Waals surface area (Å²) in [5.74, 6) is -1.34. The minimum absolute atomic E-state index is 0.393. The Kier molecular flexibility index (Phi) is 4.66. The van der Waals surface area contributed by atoms with Gasteiger partial charge >= 0.3 is 0 Å². The van der Waals surface area contributed by atoms with E-state index >= 15 is 0 Å². The van der Waals surface area contributed by atoms with Crippen molar-refractivity contribution in [1.82, 2.24) is 4.98 Å². The molecule has 23 heavy (non-hydrogen) atoms. The molecule has 1 atom stereocenters. The fraction of sp³-hybridized carbons (Fsp3) is 0.0588. The summed E-state index contributed by atoms with van der Waals surface area (Å²) in [4.78, 5) is 17.7. The van der Waals surface area contributed by atoms with Crippen molar-refractivity contribution in [3.63, 3.8) is 0 Å². The first-order valence-corrected chi connectivity index (χ1v) is 8.45. The van der Waals surface area contributed by atoms with Crippen LogP contribution < -0.4 is 5.73 Å². The smallest absolute Gasteiger partial charge is 0.231 e. The highest BCUT2D eigenvalue weighted by molar-refractivity contribution is 7.13. The Hall–Kier alpha value is -1.88. The number of halogens is 2. The van der Waals surface area contributed by atoms with E-state index in [1.807, 2.05) is 29.6 Å². The van der Waals surface area contributed by atoms with Gasteiger partial charge in [0.15, 0.2) is 0 Å². The van der Waals surface area contributed by atoms with Gasteiger partial charge in [0.25, 0.3) is 0 Å². The van der Waals surface area contributed by atoms with Crippen molar-refractivity contribution in [2.24, 2.45) is 5.73 Å². The molecular formula is C17H12Cl2N2OS. The third kappa shape index (κ3) is 3.24. The molecule has 2 heterocycles. The maximum absolute atomic E-state index is 12.1. The summed E-state index contributed by atoms with van der Waals surface area (Å²) in [5.41, 5.74) is 7.41. The Labute approximate surface area is 147 Å². The number of amides is 1. The Morgan fingerprint density at radius 2 is 1.74 bits per heavy atom. The number of primary amides is 1. The number of carbonyl (C=O) groups excluding carboxylic acids is 1. The molecule has 0 spiro atoms. The van der Waals surface area contributed by atoms with E-state index in [9.17, 15) is 4.79 Å². The molecule has 1 unspecified atom stereocenters. The zero-order valence-corrected chi connectivity index (χ0v) is 14.2. The van der Waals surface area contributed by atoms with Crippen LogP contribution in [0, 0.1) is 0 Å². The molecule has 116 valence electrons. The maximum atomic E-state index is 12.1. The zero-order chi connectivity index (χ0) is 16.4. The molecule has 2 N–H and O–H groups in total. The molecule has 0 bridgehead atoms. The van der Waals surface area contributed by atoms with Crippen molar-refractivity contribution in [3.8, 4) is 10.6 Å². The predicted octanol–water partition coefficient (Wildman–Crippen LogP) is 4.73. The van der Waals surface area contributed by atoms with E-state index in [0.717, 1.165) is 10.6 Å². The van der Waals surface area contributed by atoms with Crippen LogP contribution >= 0.6 is 34.5 Å². The maximum Gasteiger partial charge on any atom is 0.231 e. The highest BCUT2D eigenvalue weighted by atomic mass is 35.5. The number of rotatable bonds is 4.